The summed E-state index contributed by atoms with van der Waals surface area (Å²) in [4.78, 5) is 9.37. The first-order valence-electron chi connectivity index (χ1n) is 9.01. The number of aliphatic hydroxyl groups excluding tert-OH is 1. The zero-order chi connectivity index (χ0) is 18.1. The Morgan fingerprint density at radius 3 is 2.73 bits per heavy atom. The van der Waals surface area contributed by atoms with Crippen LogP contribution in [0.5, 0.6) is 0 Å². The van der Waals surface area contributed by atoms with Crippen molar-refractivity contribution in [2.45, 2.75) is 25.4 Å². The molecule has 2 N–H and O–H groups in total. The largest absolute Gasteiger partial charge is 0.392 e. The summed E-state index contributed by atoms with van der Waals surface area (Å²) < 4.78 is 0. The lowest BCUT2D eigenvalue weighted by molar-refractivity contribution is 0.197. The summed E-state index contributed by atoms with van der Waals surface area (Å²) in [7, 11) is 0. The zero-order valence-electron chi connectivity index (χ0n) is 14.7. The predicted molar refractivity (Wildman–Crippen MR) is 106 cm³/mol. The summed E-state index contributed by atoms with van der Waals surface area (Å²) in [5, 5.41) is 13.4. The van der Waals surface area contributed by atoms with Gasteiger partial charge >= 0.3 is 0 Å². The van der Waals surface area contributed by atoms with E-state index in [4.69, 9.17) is 16.6 Å². The van der Waals surface area contributed by atoms with Crippen LogP contribution in [-0.2, 0) is 0 Å². The molecular formula is C21H22ClN3O. The van der Waals surface area contributed by atoms with Crippen molar-refractivity contribution in [2.75, 3.05) is 13.1 Å². The van der Waals surface area contributed by atoms with Gasteiger partial charge in [0.2, 0.25) is 5.96 Å². The maximum atomic E-state index is 9.48. The van der Waals surface area contributed by atoms with Gasteiger partial charge in [-0.25, -0.2) is 4.99 Å². The fourth-order valence-corrected chi connectivity index (χ4v) is 3.91. The van der Waals surface area contributed by atoms with Gasteiger partial charge in [0.15, 0.2) is 0 Å². The Morgan fingerprint density at radius 1 is 1.19 bits per heavy atom. The van der Waals surface area contributed by atoms with Crippen molar-refractivity contribution >= 4 is 23.3 Å². The van der Waals surface area contributed by atoms with Gasteiger partial charge in [0.25, 0.3) is 0 Å². The van der Waals surface area contributed by atoms with Crippen LogP contribution in [0.4, 0.5) is 0 Å². The highest BCUT2D eigenvalue weighted by Crippen LogP contribution is 2.40. The summed E-state index contributed by atoms with van der Waals surface area (Å²) in [6.07, 6.45) is 0.563. The van der Waals surface area contributed by atoms with E-state index in [2.05, 4.69) is 46.7 Å². The third kappa shape index (κ3) is 3.39. The van der Waals surface area contributed by atoms with Crippen molar-refractivity contribution in [3.8, 4) is 0 Å². The average molecular weight is 368 g/mol. The highest BCUT2D eigenvalue weighted by molar-refractivity contribution is 6.30. The molecule has 0 spiro atoms. The van der Waals surface area contributed by atoms with Crippen LogP contribution in [0.15, 0.2) is 58.5 Å². The topological polar surface area (TPSA) is 57.0 Å². The van der Waals surface area contributed by atoms with Crippen molar-refractivity contribution < 1.29 is 5.11 Å². The van der Waals surface area contributed by atoms with Gasteiger partial charge in [-0.05, 0) is 36.6 Å². The molecule has 0 saturated heterocycles. The number of guanidine groups is 1. The molecule has 4 rings (SSSR count). The van der Waals surface area contributed by atoms with Crippen molar-refractivity contribution in [1.29, 1.82) is 0 Å². The van der Waals surface area contributed by atoms with Gasteiger partial charge < -0.3 is 10.4 Å². The molecule has 26 heavy (non-hydrogen) atoms. The molecule has 0 aromatic heterocycles. The number of hydrogen-bond donors (Lipinski definition) is 2. The average Bonchev–Trinajstić information content (AvgIpc) is 2.66. The van der Waals surface area contributed by atoms with E-state index in [0.29, 0.717) is 24.3 Å². The van der Waals surface area contributed by atoms with Crippen LogP contribution < -0.4 is 5.32 Å². The summed E-state index contributed by atoms with van der Waals surface area (Å²) in [5.41, 5.74) is 4.90. The molecule has 134 valence electrons. The van der Waals surface area contributed by atoms with Crippen molar-refractivity contribution in [3.63, 3.8) is 0 Å². The number of hydrogen-bond acceptors (Lipinski definition) is 4. The van der Waals surface area contributed by atoms with Crippen LogP contribution in [0.25, 0.3) is 0 Å². The fourth-order valence-electron chi connectivity index (χ4n) is 3.78. The summed E-state index contributed by atoms with van der Waals surface area (Å²) in [6.45, 7) is 2.92. The van der Waals surface area contributed by atoms with E-state index in [1.165, 1.54) is 16.7 Å². The SMILES string of the molecule is CC(O)CNC1=NCC2CC(c3ccc(Cl)cc3)c3ccccc3C2=N1. The van der Waals surface area contributed by atoms with E-state index in [1.54, 1.807) is 6.92 Å². The lowest BCUT2D eigenvalue weighted by atomic mass is 9.72. The first-order valence-corrected chi connectivity index (χ1v) is 9.39. The molecule has 2 aromatic carbocycles. The number of nitrogens with one attached hydrogen (secondary N) is 1. The quantitative estimate of drug-likeness (QED) is 0.870. The van der Waals surface area contributed by atoms with E-state index in [1.807, 2.05) is 12.1 Å². The van der Waals surface area contributed by atoms with Crippen LogP contribution in [0.3, 0.4) is 0 Å². The molecule has 5 heteroatoms. The minimum absolute atomic E-state index is 0.308. The number of fused-ring (bicyclic) bond motifs is 3. The van der Waals surface area contributed by atoms with E-state index in [0.717, 1.165) is 23.7 Å². The smallest absolute Gasteiger partial charge is 0.218 e. The summed E-state index contributed by atoms with van der Waals surface area (Å²) in [6, 6.07) is 16.7. The van der Waals surface area contributed by atoms with Gasteiger partial charge in [-0.3, -0.25) is 4.99 Å². The number of aliphatic hydroxyl groups is 1. The number of benzene rings is 2. The Labute approximate surface area is 158 Å². The molecule has 1 heterocycles. The molecule has 0 saturated carbocycles. The Bertz CT molecular complexity index is 858. The van der Waals surface area contributed by atoms with E-state index >= 15 is 0 Å². The first kappa shape index (κ1) is 17.3. The number of nitrogens with zero attached hydrogens (tertiary/aromatic N) is 2. The monoisotopic (exact) mass is 367 g/mol. The van der Waals surface area contributed by atoms with Gasteiger partial charge in [-0.2, -0.15) is 0 Å². The lowest BCUT2D eigenvalue weighted by Gasteiger charge is -2.34. The molecule has 2 aromatic rings. The standard InChI is InChI=1S/C21H22ClN3O/c1-13(26)11-23-21-24-12-15-10-19(14-6-8-16(22)9-7-14)17-4-2-3-5-18(17)20(15)25-21/h2-9,13,15,19,26H,10-12H2,1H3,(H,23,24). The summed E-state index contributed by atoms with van der Waals surface area (Å²) >= 11 is 6.07. The maximum absolute atomic E-state index is 9.48. The highest BCUT2D eigenvalue weighted by atomic mass is 35.5. The van der Waals surface area contributed by atoms with Crippen LogP contribution in [0.1, 0.15) is 36.0 Å². The van der Waals surface area contributed by atoms with Gasteiger partial charge in [-0.1, -0.05) is 48.0 Å². The predicted octanol–water partition coefficient (Wildman–Crippen LogP) is 3.62. The normalized spacial score (nSPS) is 22.6. The Morgan fingerprint density at radius 2 is 1.96 bits per heavy atom. The third-order valence-corrected chi connectivity index (χ3v) is 5.29. The van der Waals surface area contributed by atoms with Gasteiger partial charge in [-0.15, -0.1) is 0 Å². The molecular weight excluding hydrogens is 346 g/mol. The van der Waals surface area contributed by atoms with Gasteiger partial charge in [0, 0.05) is 29.0 Å². The Balaban J connectivity index is 1.69. The first-order chi connectivity index (χ1) is 12.6. The minimum Gasteiger partial charge on any atom is -0.392 e. The molecule has 3 atom stereocenters. The van der Waals surface area contributed by atoms with Crippen molar-refractivity contribution in [3.05, 3.63) is 70.2 Å². The molecule has 0 bridgehead atoms. The molecule has 2 aliphatic rings. The zero-order valence-corrected chi connectivity index (χ0v) is 15.4. The van der Waals surface area contributed by atoms with Crippen molar-refractivity contribution in [1.82, 2.24) is 5.32 Å². The molecule has 1 aliphatic carbocycles. The fraction of sp³-hybridized carbons (Fsp3) is 0.333. The number of rotatable bonds is 3. The minimum atomic E-state index is -0.427. The second-order valence-electron chi connectivity index (χ2n) is 7.02. The molecule has 0 amide bonds. The Kier molecular flexibility index (Phi) is 4.79. The van der Waals surface area contributed by atoms with E-state index in [-0.39, 0.29) is 0 Å². The van der Waals surface area contributed by atoms with Crippen LogP contribution in [0, 0.1) is 5.92 Å². The number of aliphatic imine (C=N–C) groups is 2. The lowest BCUT2D eigenvalue weighted by Crippen LogP contribution is -2.37. The second-order valence-corrected chi connectivity index (χ2v) is 7.45. The molecule has 1 aliphatic heterocycles. The third-order valence-electron chi connectivity index (χ3n) is 5.03. The van der Waals surface area contributed by atoms with E-state index in [9.17, 15) is 5.11 Å². The van der Waals surface area contributed by atoms with Gasteiger partial charge in [0.05, 0.1) is 18.4 Å². The van der Waals surface area contributed by atoms with Crippen molar-refractivity contribution in [2.24, 2.45) is 15.9 Å². The van der Waals surface area contributed by atoms with Crippen LogP contribution in [0.2, 0.25) is 5.02 Å². The maximum Gasteiger partial charge on any atom is 0.218 e. The highest BCUT2D eigenvalue weighted by Gasteiger charge is 2.34. The Hall–Kier alpha value is -2.17. The van der Waals surface area contributed by atoms with Crippen LogP contribution in [-0.4, -0.2) is 36.0 Å². The molecule has 0 fully saturated rings. The molecule has 3 unspecified atom stereocenters. The molecule has 0 radical (unpaired) electrons. The van der Waals surface area contributed by atoms with Crippen LogP contribution >= 0.6 is 11.6 Å². The summed E-state index contributed by atoms with van der Waals surface area (Å²) in [5.74, 6) is 1.26. The van der Waals surface area contributed by atoms with E-state index < -0.39 is 6.10 Å². The van der Waals surface area contributed by atoms with Gasteiger partial charge in [0.1, 0.15) is 0 Å². The second kappa shape index (κ2) is 7.22. The number of halogens is 1. The molecule has 4 nitrogen and oxygen atoms in total.